The third-order valence-electron chi connectivity index (χ3n) is 6.79. The molecule has 0 spiro atoms. The maximum Gasteiger partial charge on any atom is 0.226 e. The van der Waals surface area contributed by atoms with Crippen LogP contribution < -0.4 is 15.4 Å². The van der Waals surface area contributed by atoms with Crippen molar-refractivity contribution in [2.45, 2.75) is 51.9 Å². The normalized spacial score (nSPS) is 30.8. The van der Waals surface area contributed by atoms with Gasteiger partial charge in [0.1, 0.15) is 5.75 Å². The van der Waals surface area contributed by atoms with E-state index in [9.17, 15) is 9.59 Å². The largest absolute Gasteiger partial charge is 0.495 e. The minimum Gasteiger partial charge on any atom is -0.495 e. The topological polar surface area (TPSA) is 67.4 Å². The van der Waals surface area contributed by atoms with E-state index in [1.807, 2.05) is 25.1 Å². The van der Waals surface area contributed by atoms with Gasteiger partial charge in [-0.3, -0.25) is 9.59 Å². The number of carbonyl (C=O) groups excluding carboxylic acids is 2. The molecule has 1 aromatic carbocycles. The lowest BCUT2D eigenvalue weighted by atomic mass is 9.49. The second kappa shape index (κ2) is 7.17. The Hall–Kier alpha value is -2.04. The second-order valence-corrected chi connectivity index (χ2v) is 8.96. The number of aryl methyl sites for hydroxylation is 1. The van der Waals surface area contributed by atoms with Crippen molar-refractivity contribution in [3.05, 3.63) is 23.8 Å². The summed E-state index contributed by atoms with van der Waals surface area (Å²) < 4.78 is 5.30. The highest BCUT2D eigenvalue weighted by molar-refractivity contribution is 5.93. The van der Waals surface area contributed by atoms with E-state index in [1.54, 1.807) is 7.11 Å². The number of methoxy groups -OCH3 is 1. The number of benzene rings is 1. The summed E-state index contributed by atoms with van der Waals surface area (Å²) in [6, 6.07) is 5.69. The fourth-order valence-corrected chi connectivity index (χ4v) is 6.00. The summed E-state index contributed by atoms with van der Waals surface area (Å²) in [5.41, 5.74) is 1.58. The Morgan fingerprint density at radius 2 is 1.74 bits per heavy atom. The zero-order valence-electron chi connectivity index (χ0n) is 16.3. The lowest BCUT2D eigenvalue weighted by molar-refractivity contribution is -0.146. The van der Waals surface area contributed by atoms with Crippen LogP contribution in [0.5, 0.6) is 5.75 Å². The van der Waals surface area contributed by atoms with Crippen LogP contribution in [0.4, 0.5) is 5.69 Å². The molecule has 2 amide bonds. The molecule has 4 aliphatic rings. The summed E-state index contributed by atoms with van der Waals surface area (Å²) in [7, 11) is 1.59. The fraction of sp³-hybridized carbons (Fsp3) is 0.636. The fourth-order valence-electron chi connectivity index (χ4n) is 6.00. The van der Waals surface area contributed by atoms with E-state index < -0.39 is 0 Å². The first-order valence-corrected chi connectivity index (χ1v) is 10.2. The Morgan fingerprint density at radius 3 is 2.33 bits per heavy atom. The molecule has 5 nitrogen and oxygen atoms in total. The predicted octanol–water partition coefficient (Wildman–Crippen LogP) is 3.66. The second-order valence-electron chi connectivity index (χ2n) is 8.96. The average molecular weight is 370 g/mol. The number of nitrogens with one attached hydrogen (secondary N) is 2. The van der Waals surface area contributed by atoms with Crippen LogP contribution >= 0.6 is 0 Å². The molecule has 4 aliphatic carbocycles. The number of hydrogen-bond acceptors (Lipinski definition) is 3. The van der Waals surface area contributed by atoms with Crippen LogP contribution in [-0.2, 0) is 9.59 Å². The molecule has 0 unspecified atom stereocenters. The highest BCUT2D eigenvalue weighted by atomic mass is 16.5. The maximum atomic E-state index is 12.9. The van der Waals surface area contributed by atoms with Gasteiger partial charge in [0, 0.05) is 18.4 Å². The predicted molar refractivity (Wildman–Crippen MR) is 105 cm³/mol. The van der Waals surface area contributed by atoms with Crippen molar-refractivity contribution in [2.24, 2.45) is 23.2 Å². The van der Waals surface area contributed by atoms with Gasteiger partial charge in [-0.1, -0.05) is 6.07 Å². The summed E-state index contributed by atoms with van der Waals surface area (Å²) in [5, 5.41) is 5.96. The Kier molecular flexibility index (Phi) is 4.87. The third kappa shape index (κ3) is 3.69. The minimum atomic E-state index is -0.148. The number of carbonyl (C=O) groups is 2. The van der Waals surface area contributed by atoms with E-state index in [1.165, 1.54) is 19.3 Å². The molecule has 0 aromatic heterocycles. The van der Waals surface area contributed by atoms with Gasteiger partial charge in [0.2, 0.25) is 11.8 Å². The molecule has 5 heteroatoms. The zero-order valence-corrected chi connectivity index (χ0v) is 16.3. The van der Waals surface area contributed by atoms with E-state index in [-0.39, 0.29) is 23.7 Å². The van der Waals surface area contributed by atoms with Crippen molar-refractivity contribution in [1.29, 1.82) is 0 Å². The van der Waals surface area contributed by atoms with E-state index in [4.69, 9.17) is 4.74 Å². The molecular formula is C22H30N2O3. The van der Waals surface area contributed by atoms with Crippen molar-refractivity contribution in [3.63, 3.8) is 0 Å². The monoisotopic (exact) mass is 370 g/mol. The van der Waals surface area contributed by atoms with Crippen molar-refractivity contribution >= 4 is 17.5 Å². The minimum absolute atomic E-state index is 0.107. The van der Waals surface area contributed by atoms with Crippen molar-refractivity contribution < 1.29 is 14.3 Å². The molecule has 5 rings (SSSR count). The molecule has 4 saturated carbocycles. The van der Waals surface area contributed by atoms with Gasteiger partial charge in [-0.2, -0.15) is 0 Å². The average Bonchev–Trinajstić information content (AvgIpc) is 2.60. The van der Waals surface area contributed by atoms with Crippen LogP contribution in [0.1, 0.15) is 50.5 Å². The van der Waals surface area contributed by atoms with Gasteiger partial charge < -0.3 is 15.4 Å². The van der Waals surface area contributed by atoms with E-state index in [2.05, 4.69) is 10.6 Å². The van der Waals surface area contributed by atoms with Gasteiger partial charge in [-0.05, 0) is 80.9 Å². The van der Waals surface area contributed by atoms with Crippen molar-refractivity contribution in [3.8, 4) is 5.75 Å². The van der Waals surface area contributed by atoms with Gasteiger partial charge in [-0.25, -0.2) is 0 Å². The van der Waals surface area contributed by atoms with Crippen LogP contribution in [0, 0.1) is 30.1 Å². The first kappa shape index (κ1) is 18.3. The highest BCUT2D eigenvalue weighted by Crippen LogP contribution is 2.60. The highest BCUT2D eigenvalue weighted by Gasteiger charge is 2.54. The quantitative estimate of drug-likeness (QED) is 0.803. The number of hydrogen-bond donors (Lipinski definition) is 2. The Labute approximate surface area is 161 Å². The molecule has 1 aromatic rings. The summed E-state index contributed by atoms with van der Waals surface area (Å²) in [6.07, 6.45) is 7.41. The van der Waals surface area contributed by atoms with Crippen molar-refractivity contribution in [2.75, 3.05) is 19.0 Å². The molecule has 0 atom stereocenters. The van der Waals surface area contributed by atoms with E-state index >= 15 is 0 Å². The number of ether oxygens (including phenoxy) is 1. The number of anilines is 1. The van der Waals surface area contributed by atoms with Gasteiger partial charge in [0.05, 0.1) is 12.8 Å². The molecule has 0 heterocycles. The standard InChI is InChI=1S/C22H30N2O3/c1-14-3-4-19(27-2)18(7-14)24-20(25)5-6-23-21(26)22-11-15-8-16(12-22)10-17(9-15)13-22/h3-4,7,15-17H,5-6,8-13H2,1-2H3,(H,23,26)(H,24,25). The maximum absolute atomic E-state index is 12.9. The Balaban J connectivity index is 1.29. The summed E-state index contributed by atoms with van der Waals surface area (Å²) >= 11 is 0. The van der Waals surface area contributed by atoms with Gasteiger partial charge >= 0.3 is 0 Å². The Bertz CT molecular complexity index is 708. The molecule has 0 saturated heterocycles. The molecule has 4 bridgehead atoms. The summed E-state index contributed by atoms with van der Waals surface area (Å²) in [6.45, 7) is 2.36. The van der Waals surface area contributed by atoms with Crippen molar-refractivity contribution in [1.82, 2.24) is 5.32 Å². The summed E-state index contributed by atoms with van der Waals surface area (Å²) in [4.78, 5) is 25.2. The smallest absolute Gasteiger partial charge is 0.226 e. The van der Waals surface area contributed by atoms with Crippen LogP contribution in [0.2, 0.25) is 0 Å². The molecular weight excluding hydrogens is 340 g/mol. The van der Waals surface area contributed by atoms with Gasteiger partial charge in [-0.15, -0.1) is 0 Å². The van der Waals surface area contributed by atoms with Gasteiger partial charge in [0.25, 0.3) is 0 Å². The lowest BCUT2D eigenvalue weighted by Crippen LogP contribution is -2.53. The van der Waals surface area contributed by atoms with Crippen LogP contribution in [-0.4, -0.2) is 25.5 Å². The molecule has 146 valence electrons. The van der Waals surface area contributed by atoms with Crippen LogP contribution in [0.3, 0.4) is 0 Å². The summed E-state index contributed by atoms with van der Waals surface area (Å²) in [5.74, 6) is 2.97. The number of amides is 2. The Morgan fingerprint density at radius 1 is 1.11 bits per heavy atom. The molecule has 4 fully saturated rings. The molecule has 2 N–H and O–H groups in total. The first-order chi connectivity index (χ1) is 13.0. The van der Waals surface area contributed by atoms with Gasteiger partial charge in [0.15, 0.2) is 0 Å². The molecule has 0 radical (unpaired) electrons. The lowest BCUT2D eigenvalue weighted by Gasteiger charge is -2.55. The SMILES string of the molecule is COc1ccc(C)cc1NC(=O)CCNC(=O)C12CC3CC(CC(C3)C1)C2. The molecule has 27 heavy (non-hydrogen) atoms. The third-order valence-corrected chi connectivity index (χ3v) is 6.79. The number of rotatable bonds is 6. The van der Waals surface area contributed by atoms with Crippen LogP contribution in [0.25, 0.3) is 0 Å². The van der Waals surface area contributed by atoms with Crippen LogP contribution in [0.15, 0.2) is 18.2 Å². The zero-order chi connectivity index (χ0) is 19.0. The first-order valence-electron chi connectivity index (χ1n) is 10.2. The molecule has 0 aliphatic heterocycles. The van der Waals surface area contributed by atoms with E-state index in [0.29, 0.717) is 18.0 Å². The van der Waals surface area contributed by atoms with E-state index in [0.717, 1.165) is 42.6 Å².